The zero-order chi connectivity index (χ0) is 33.9. The number of carbonyl (C=O) groups excluding carboxylic acids is 3. The Hall–Kier alpha value is -2.01. The molecule has 1 saturated carbocycles. The summed E-state index contributed by atoms with van der Waals surface area (Å²) in [6.45, 7) is 4.54. The fraction of sp³-hybridized carbons (Fsp3) is 0.886. The normalized spacial score (nSPS) is 14.7. The molecule has 1 fully saturated rings. The Balaban J connectivity index is 2.51. The second-order valence-electron chi connectivity index (χ2n) is 13.2. The molecule has 1 rings (SSSR count). The van der Waals surface area contributed by atoms with Crippen LogP contribution in [0.25, 0.3) is 0 Å². The maximum absolute atomic E-state index is 12.8. The van der Waals surface area contributed by atoms with Crippen LogP contribution in [-0.4, -0.2) is 76.3 Å². The van der Waals surface area contributed by atoms with Crippen LogP contribution in [0.3, 0.4) is 0 Å². The van der Waals surface area contributed by atoms with Gasteiger partial charge in [-0.25, -0.2) is 4.79 Å². The number of unbranched alkanes of at least 4 members (excludes halogenated alkanes) is 16. The van der Waals surface area contributed by atoms with E-state index in [9.17, 15) is 29.4 Å². The number of amides is 4. The molecule has 0 radical (unpaired) electrons. The molecule has 2 atom stereocenters. The van der Waals surface area contributed by atoms with E-state index in [1.54, 1.807) is 0 Å². The number of rotatable bonds is 31. The van der Waals surface area contributed by atoms with Crippen molar-refractivity contribution in [2.24, 2.45) is 0 Å². The first-order valence-corrected chi connectivity index (χ1v) is 19.5. The molecule has 0 aromatic carbocycles. The zero-order valence-electron chi connectivity index (χ0n) is 29.0. The molecule has 1 aliphatic carbocycles. The fourth-order valence-corrected chi connectivity index (χ4v) is 6.54. The van der Waals surface area contributed by atoms with E-state index in [1.165, 1.54) is 88.8 Å². The molecule has 46 heavy (non-hydrogen) atoms. The summed E-state index contributed by atoms with van der Waals surface area (Å²) in [6.07, 6.45) is 22.1. The number of carbonyl (C=O) groups is 4. The molecule has 1 aliphatic rings. The van der Waals surface area contributed by atoms with Gasteiger partial charge >= 0.3 is 6.09 Å². The first-order chi connectivity index (χ1) is 22.2. The minimum absolute atomic E-state index is 0.0327. The van der Waals surface area contributed by atoms with E-state index in [1.807, 2.05) is 0 Å². The molecule has 0 heterocycles. The summed E-state index contributed by atoms with van der Waals surface area (Å²) in [5, 5.41) is 29.9. The smallest absolute Gasteiger partial charge is 0.405 e. The molecule has 11 heteroatoms. The number of carboxylic acid groups (broad SMARTS) is 1. The predicted molar refractivity (Wildman–Crippen MR) is 188 cm³/mol. The lowest BCUT2D eigenvalue weighted by molar-refractivity contribution is -0.124. The van der Waals surface area contributed by atoms with Crippen molar-refractivity contribution in [3.63, 3.8) is 0 Å². The number of aliphatic hydroxyl groups is 1. The van der Waals surface area contributed by atoms with Crippen LogP contribution < -0.4 is 21.3 Å². The lowest BCUT2D eigenvalue weighted by atomic mass is 10.1. The van der Waals surface area contributed by atoms with Gasteiger partial charge in [-0.3, -0.25) is 14.4 Å². The van der Waals surface area contributed by atoms with E-state index < -0.39 is 23.6 Å². The molecule has 0 saturated heterocycles. The standard InChI is InChI=1S/C35H66N4O6S/c1-3-5-7-9-11-13-15-17-19-21-31(41)36-25-29(37-32(42)22-20-18-16-14-12-10-8-6-4-2)26-46-27-30(38-34(44)45)33(43)39-35(28-40)23-24-35/h29-30,38,40H,3-28H2,1-2H3,(H,36,41)(H,37,42)(H,39,43)(H,44,45)/t29-,30-/m0/s1. The SMILES string of the molecule is CCCCCCCCCCCC(=O)NC[C@@H](CSC[C@H](NC(=O)O)C(=O)NC1(CO)CC1)NC(=O)CCCCCCCCCCC. The first kappa shape index (κ1) is 42.0. The third-order valence-corrected chi connectivity index (χ3v) is 9.89. The van der Waals surface area contributed by atoms with Gasteiger partial charge in [-0.1, -0.05) is 117 Å². The van der Waals surface area contributed by atoms with E-state index >= 15 is 0 Å². The summed E-state index contributed by atoms with van der Waals surface area (Å²) in [4.78, 5) is 49.5. The van der Waals surface area contributed by atoms with Crippen LogP contribution >= 0.6 is 11.8 Å². The van der Waals surface area contributed by atoms with Gasteiger partial charge in [-0.05, 0) is 25.7 Å². The largest absolute Gasteiger partial charge is 0.465 e. The molecule has 0 spiro atoms. The Morgan fingerprint density at radius 1 is 0.674 bits per heavy atom. The topological polar surface area (TPSA) is 157 Å². The van der Waals surface area contributed by atoms with Crippen LogP contribution in [-0.2, 0) is 14.4 Å². The Labute approximate surface area is 283 Å². The lowest BCUT2D eigenvalue weighted by Gasteiger charge is -2.23. The highest BCUT2D eigenvalue weighted by molar-refractivity contribution is 7.99. The van der Waals surface area contributed by atoms with Gasteiger partial charge in [0.05, 0.1) is 18.2 Å². The van der Waals surface area contributed by atoms with E-state index in [0.717, 1.165) is 38.5 Å². The van der Waals surface area contributed by atoms with Gasteiger partial charge in [0.15, 0.2) is 0 Å². The van der Waals surface area contributed by atoms with E-state index in [2.05, 4.69) is 35.1 Å². The number of hydrogen-bond donors (Lipinski definition) is 6. The summed E-state index contributed by atoms with van der Waals surface area (Å²) in [7, 11) is 0. The second kappa shape index (κ2) is 27.0. The van der Waals surface area contributed by atoms with Crippen molar-refractivity contribution < 1.29 is 29.4 Å². The minimum Gasteiger partial charge on any atom is -0.465 e. The van der Waals surface area contributed by atoms with E-state index in [0.29, 0.717) is 31.4 Å². The van der Waals surface area contributed by atoms with Gasteiger partial charge in [0, 0.05) is 30.9 Å². The molecular formula is C35H66N4O6S. The molecule has 10 nitrogen and oxygen atoms in total. The maximum Gasteiger partial charge on any atom is 0.405 e. The molecule has 6 N–H and O–H groups in total. The molecule has 0 aliphatic heterocycles. The van der Waals surface area contributed by atoms with Crippen molar-refractivity contribution >= 4 is 35.6 Å². The summed E-state index contributed by atoms with van der Waals surface area (Å²) in [6, 6.07) is -1.34. The molecule has 0 unspecified atom stereocenters. The van der Waals surface area contributed by atoms with E-state index in [4.69, 9.17) is 0 Å². The van der Waals surface area contributed by atoms with Crippen LogP contribution in [0.15, 0.2) is 0 Å². The average Bonchev–Trinajstić information content (AvgIpc) is 3.80. The van der Waals surface area contributed by atoms with Crippen molar-refractivity contribution in [3.8, 4) is 0 Å². The van der Waals surface area contributed by atoms with Gasteiger partial charge in [0.1, 0.15) is 6.04 Å². The monoisotopic (exact) mass is 670 g/mol. The zero-order valence-corrected chi connectivity index (χ0v) is 29.8. The summed E-state index contributed by atoms with van der Waals surface area (Å²) >= 11 is 1.35. The van der Waals surface area contributed by atoms with Crippen molar-refractivity contribution in [2.75, 3.05) is 24.7 Å². The van der Waals surface area contributed by atoms with Gasteiger partial charge in [0.2, 0.25) is 17.7 Å². The maximum atomic E-state index is 12.8. The summed E-state index contributed by atoms with van der Waals surface area (Å²) in [5.74, 6) is 0.0175. The highest BCUT2D eigenvalue weighted by Crippen LogP contribution is 2.34. The van der Waals surface area contributed by atoms with Gasteiger partial charge in [0.25, 0.3) is 0 Å². The average molecular weight is 671 g/mol. The van der Waals surface area contributed by atoms with E-state index in [-0.39, 0.29) is 36.8 Å². The van der Waals surface area contributed by atoms with Crippen LogP contribution in [0.4, 0.5) is 4.79 Å². The Bertz CT molecular complexity index is 842. The van der Waals surface area contributed by atoms with Crippen molar-refractivity contribution in [1.29, 1.82) is 0 Å². The highest BCUT2D eigenvalue weighted by atomic mass is 32.2. The highest BCUT2D eigenvalue weighted by Gasteiger charge is 2.44. The Morgan fingerprint density at radius 2 is 1.15 bits per heavy atom. The quantitative estimate of drug-likeness (QED) is 0.0464. The Morgan fingerprint density at radius 3 is 1.61 bits per heavy atom. The molecule has 268 valence electrons. The first-order valence-electron chi connectivity index (χ1n) is 18.3. The van der Waals surface area contributed by atoms with Crippen LogP contribution in [0.1, 0.15) is 155 Å². The number of hydrogen-bond acceptors (Lipinski definition) is 6. The van der Waals surface area contributed by atoms with Crippen LogP contribution in [0, 0.1) is 0 Å². The molecular weight excluding hydrogens is 604 g/mol. The molecule has 0 bridgehead atoms. The third kappa shape index (κ3) is 22.5. The lowest BCUT2D eigenvalue weighted by Crippen LogP contribution is -2.52. The summed E-state index contributed by atoms with van der Waals surface area (Å²) < 4.78 is 0. The third-order valence-electron chi connectivity index (χ3n) is 8.69. The molecule has 4 amide bonds. The van der Waals surface area contributed by atoms with Crippen LogP contribution in [0.2, 0.25) is 0 Å². The molecule has 0 aromatic heterocycles. The fourth-order valence-electron chi connectivity index (χ4n) is 5.45. The number of nitrogens with one attached hydrogen (secondary N) is 4. The second-order valence-corrected chi connectivity index (χ2v) is 14.3. The Kier molecular flexibility index (Phi) is 24.7. The summed E-state index contributed by atoms with van der Waals surface area (Å²) in [5.41, 5.74) is -0.648. The van der Waals surface area contributed by atoms with Crippen LogP contribution in [0.5, 0.6) is 0 Å². The van der Waals surface area contributed by atoms with Crippen molar-refractivity contribution in [2.45, 2.75) is 173 Å². The number of aliphatic hydroxyl groups excluding tert-OH is 1. The van der Waals surface area contributed by atoms with Crippen molar-refractivity contribution in [1.82, 2.24) is 21.3 Å². The number of thioether (sulfide) groups is 1. The predicted octanol–water partition coefficient (Wildman–Crippen LogP) is 6.44. The van der Waals surface area contributed by atoms with Gasteiger partial charge in [-0.15, -0.1) is 0 Å². The minimum atomic E-state index is -1.30. The van der Waals surface area contributed by atoms with Crippen molar-refractivity contribution in [3.05, 3.63) is 0 Å². The molecule has 0 aromatic rings. The van der Waals surface area contributed by atoms with Gasteiger partial charge < -0.3 is 31.5 Å². The van der Waals surface area contributed by atoms with Gasteiger partial charge in [-0.2, -0.15) is 11.8 Å².